The Hall–Kier alpha value is -6.07. The van der Waals surface area contributed by atoms with Crippen molar-refractivity contribution in [1.82, 2.24) is 20.6 Å². The van der Waals surface area contributed by atoms with Gasteiger partial charge in [-0.2, -0.15) is 4.57 Å². The van der Waals surface area contributed by atoms with Gasteiger partial charge >= 0.3 is 0 Å². The molecule has 0 atom stereocenters. The molecule has 2 aliphatic rings. The fourth-order valence-corrected chi connectivity index (χ4v) is 10.5. The lowest BCUT2D eigenvalue weighted by atomic mass is 9.76. The number of H-pyrrole nitrogens is 2. The first-order valence-electron chi connectivity index (χ1n) is 20.7. The van der Waals surface area contributed by atoms with Crippen molar-refractivity contribution in [1.29, 1.82) is 0 Å². The van der Waals surface area contributed by atoms with Crippen molar-refractivity contribution in [2.45, 2.75) is 38.5 Å². The van der Waals surface area contributed by atoms with Gasteiger partial charge in [0.25, 0.3) is 11.8 Å². The third kappa shape index (κ3) is 7.64. The van der Waals surface area contributed by atoms with E-state index in [9.17, 15) is 9.59 Å². The zero-order chi connectivity index (χ0) is 42.3. The molecule has 6 N–H and O–H groups in total. The van der Waals surface area contributed by atoms with Crippen LogP contribution in [0.2, 0.25) is 0 Å². The fourth-order valence-electron chi connectivity index (χ4n) is 8.64. The molecule has 9 rings (SSSR count). The van der Waals surface area contributed by atoms with Crippen molar-refractivity contribution in [3.05, 3.63) is 180 Å². The quantitative estimate of drug-likeness (QED) is 0.0387. The summed E-state index contributed by atoms with van der Waals surface area (Å²) in [5.74, 6) is 1.33. The molecule has 7 aromatic rings. The van der Waals surface area contributed by atoms with Crippen LogP contribution < -0.4 is 20.5 Å². The second-order valence-electron chi connectivity index (χ2n) is 16.8. The third-order valence-corrected chi connectivity index (χ3v) is 14.7. The molecule has 0 bridgehead atoms. The molecule has 2 amide bonds. The molecule has 0 fully saturated rings. The number of quaternary nitrogens is 1. The topological polar surface area (TPSA) is 110 Å². The predicted molar refractivity (Wildman–Crippen MR) is 253 cm³/mol. The number of nitrogens with one attached hydrogen (secondary N) is 4. The highest BCUT2D eigenvalue weighted by molar-refractivity contribution is 8.76. The van der Waals surface area contributed by atoms with Crippen LogP contribution in [0.1, 0.15) is 70.8 Å². The lowest BCUT2D eigenvalue weighted by Crippen LogP contribution is -2.71. The second kappa shape index (κ2) is 16.4. The number of nitrogens with two attached hydrogens (primary N) is 1. The van der Waals surface area contributed by atoms with Crippen LogP contribution in [0.5, 0.6) is 0 Å². The fraction of sp³-hybridized carbons (Fsp3) is 0.196. The van der Waals surface area contributed by atoms with E-state index < -0.39 is 5.41 Å². The van der Waals surface area contributed by atoms with E-state index >= 15 is 0 Å². The first kappa shape index (κ1) is 40.3. The Morgan fingerprint density at radius 2 is 1.33 bits per heavy atom. The smallest absolute Gasteiger partial charge is 0.251 e. The van der Waals surface area contributed by atoms with Crippen LogP contribution >= 0.6 is 21.6 Å². The molecule has 0 saturated carbocycles. The van der Waals surface area contributed by atoms with Gasteiger partial charge in [0.1, 0.15) is 5.69 Å². The average molecular weight is 843 g/mol. The van der Waals surface area contributed by atoms with Crippen molar-refractivity contribution in [2.75, 3.05) is 24.6 Å². The summed E-state index contributed by atoms with van der Waals surface area (Å²) in [6.07, 6.45) is 12.7. The molecule has 0 saturated heterocycles. The van der Waals surface area contributed by atoms with Crippen molar-refractivity contribution >= 4 is 66.5 Å². The molecule has 0 radical (unpaired) electrons. The minimum atomic E-state index is -0.417. The monoisotopic (exact) mass is 842 g/mol. The van der Waals surface area contributed by atoms with Gasteiger partial charge in [-0.25, -0.2) is 0 Å². The highest BCUT2D eigenvalue weighted by Gasteiger charge is 2.44. The lowest BCUT2D eigenvalue weighted by Gasteiger charge is -2.27. The standard InChI is InChI=1S/C51H48N6O2S2/c1-32-26-33(39-30-55-43-12-8-6-10-37(39)43)18-20-52-45-16-14-35(27-41(45)50(32,2)3)48(58)53-21-24-60-61-25-22-54-49(59)36-15-17-46-42(28-36)51(4,5)47-29-34(19-23-57(46)47)40-31-56-44-13-9-7-11-38(40)44/h6-20,23,26-31,55H,1,21-22,24-25H2,2-5H3,(H3,52,53,54,58,59)/p+2/b20-18-,33-26+. The molecule has 0 spiro atoms. The highest BCUT2D eigenvalue weighted by atomic mass is 33.1. The number of aromatic amines is 2. The van der Waals surface area contributed by atoms with Gasteiger partial charge in [-0.15, -0.1) is 0 Å². The number of hydrogen-bond donors (Lipinski definition) is 5. The zero-order valence-electron chi connectivity index (χ0n) is 34.9. The molecule has 3 aromatic heterocycles. The number of hydrogen-bond acceptors (Lipinski definition) is 4. The highest BCUT2D eigenvalue weighted by Crippen LogP contribution is 2.41. The maximum atomic E-state index is 13.4. The average Bonchev–Trinajstić information content (AvgIpc) is 3.97. The Morgan fingerprint density at radius 1 is 0.721 bits per heavy atom. The number of aromatic nitrogens is 3. The Kier molecular flexibility index (Phi) is 10.9. The number of allylic oxidation sites excluding steroid dienone is 4. The Labute approximate surface area is 364 Å². The van der Waals surface area contributed by atoms with Crippen molar-refractivity contribution in [3.63, 3.8) is 0 Å². The molecule has 4 aromatic carbocycles. The summed E-state index contributed by atoms with van der Waals surface area (Å²) in [5, 5.41) is 10.7. The molecule has 8 nitrogen and oxygen atoms in total. The van der Waals surface area contributed by atoms with E-state index in [1.165, 1.54) is 27.6 Å². The van der Waals surface area contributed by atoms with E-state index in [4.69, 9.17) is 0 Å². The van der Waals surface area contributed by atoms with Crippen molar-refractivity contribution < 1.29 is 19.5 Å². The summed E-state index contributed by atoms with van der Waals surface area (Å²) < 4.78 is 2.25. The van der Waals surface area contributed by atoms with Gasteiger partial charge in [-0.05, 0) is 73.0 Å². The van der Waals surface area contributed by atoms with Crippen LogP contribution in [0, 0.1) is 0 Å². The third-order valence-electron chi connectivity index (χ3n) is 12.3. The van der Waals surface area contributed by atoms with Gasteiger partial charge in [0.2, 0.25) is 5.69 Å². The number of carbonyl (C=O) groups excluding carboxylic acids is 2. The number of carbonyl (C=O) groups is 2. The van der Waals surface area contributed by atoms with Crippen LogP contribution in [0.25, 0.3) is 44.2 Å². The SMILES string of the molecule is C=C1/C=C(c2c[nH]c3ccccc23)\C=C/[NH2+]c2ccc(C(=O)NCCSSCCNC(=O)c3ccc4c(c3)C(C)(C)c3cc(-c5c[nH]c6ccccc56)cc[n+]3-4)cc2C1(C)C. The van der Waals surface area contributed by atoms with Crippen molar-refractivity contribution in [2.24, 2.45) is 0 Å². The summed E-state index contributed by atoms with van der Waals surface area (Å²) >= 11 is 0. The van der Waals surface area contributed by atoms with E-state index in [0.29, 0.717) is 24.2 Å². The van der Waals surface area contributed by atoms with Gasteiger partial charge in [0, 0.05) is 122 Å². The van der Waals surface area contributed by atoms with Gasteiger partial charge in [0.05, 0.1) is 11.6 Å². The number of fused-ring (bicyclic) bond motifs is 6. The Bertz CT molecular complexity index is 2930. The van der Waals surface area contributed by atoms with E-state index in [1.807, 2.05) is 42.5 Å². The van der Waals surface area contributed by atoms with E-state index in [1.54, 1.807) is 21.6 Å². The maximum Gasteiger partial charge on any atom is 0.251 e. The largest absolute Gasteiger partial charge is 0.361 e. The zero-order valence-corrected chi connectivity index (χ0v) is 36.5. The number of benzene rings is 4. The Morgan fingerprint density at radius 3 is 2.02 bits per heavy atom. The lowest BCUT2D eigenvalue weighted by molar-refractivity contribution is -0.599. The predicted octanol–water partition coefficient (Wildman–Crippen LogP) is 9.41. The van der Waals surface area contributed by atoms with Gasteiger partial charge in [-0.1, -0.05) is 84.5 Å². The van der Waals surface area contributed by atoms with Crippen LogP contribution in [0.4, 0.5) is 5.69 Å². The van der Waals surface area contributed by atoms with Crippen LogP contribution in [-0.4, -0.2) is 46.4 Å². The van der Waals surface area contributed by atoms with E-state index in [2.05, 4.69) is 156 Å². The summed E-state index contributed by atoms with van der Waals surface area (Å²) in [7, 11) is 3.38. The molecule has 0 unspecified atom stereocenters. The Balaban J connectivity index is 0.752. The first-order chi connectivity index (χ1) is 29.5. The molecule has 0 aliphatic carbocycles. The van der Waals surface area contributed by atoms with E-state index in [-0.39, 0.29) is 17.2 Å². The van der Waals surface area contributed by atoms with Crippen LogP contribution in [0.3, 0.4) is 0 Å². The van der Waals surface area contributed by atoms with Gasteiger partial charge < -0.3 is 20.6 Å². The van der Waals surface area contributed by atoms with E-state index in [0.717, 1.165) is 61.8 Å². The first-order valence-corrected chi connectivity index (χ1v) is 23.2. The molecule has 306 valence electrons. The van der Waals surface area contributed by atoms with Crippen LogP contribution in [0.15, 0.2) is 146 Å². The number of para-hydroxylation sites is 2. The van der Waals surface area contributed by atoms with Gasteiger partial charge in [0.15, 0.2) is 11.9 Å². The number of nitrogens with zero attached hydrogens (tertiary/aromatic N) is 1. The minimum absolute atomic E-state index is 0.0741. The molecule has 2 aliphatic heterocycles. The molecule has 10 heteroatoms. The van der Waals surface area contributed by atoms with Crippen molar-refractivity contribution in [3.8, 4) is 16.8 Å². The molecular weight excluding hydrogens is 793 g/mol. The number of rotatable bonds is 11. The number of amides is 2. The summed E-state index contributed by atoms with van der Waals surface area (Å²) in [5.41, 5.74) is 13.9. The summed E-state index contributed by atoms with van der Waals surface area (Å²) in [6, 6.07) is 33.1. The van der Waals surface area contributed by atoms with Gasteiger partial charge in [-0.3, -0.25) is 14.9 Å². The minimum Gasteiger partial charge on any atom is -0.361 e. The number of pyridine rings is 1. The van der Waals surface area contributed by atoms with Crippen LogP contribution in [-0.2, 0) is 10.8 Å². The normalized spacial score (nSPS) is 16.4. The summed E-state index contributed by atoms with van der Waals surface area (Å²) in [4.78, 5) is 33.5. The second-order valence-corrected chi connectivity index (χ2v) is 19.5. The molecular formula is C51H50N6O2S2+2. The molecule has 5 heterocycles. The summed E-state index contributed by atoms with van der Waals surface area (Å²) in [6.45, 7) is 14.4. The maximum absolute atomic E-state index is 13.4. The molecule has 61 heavy (non-hydrogen) atoms.